The van der Waals surface area contributed by atoms with E-state index in [0.29, 0.717) is 11.5 Å². The average Bonchev–Trinajstić information content (AvgIpc) is 2.50. The van der Waals surface area contributed by atoms with E-state index in [-0.39, 0.29) is 5.60 Å². The summed E-state index contributed by atoms with van der Waals surface area (Å²) < 4.78 is 11.7. The van der Waals surface area contributed by atoms with Crippen LogP contribution in [0.25, 0.3) is 0 Å². The van der Waals surface area contributed by atoms with Crippen LogP contribution in [0, 0.1) is 5.41 Å². The highest BCUT2D eigenvalue weighted by molar-refractivity contribution is 5.18. The number of hydrogen-bond donors (Lipinski definition) is 1. The largest absolute Gasteiger partial charge is 0.501 e. The number of ether oxygens (including phenoxy) is 2. The van der Waals surface area contributed by atoms with Crippen molar-refractivity contribution in [1.82, 2.24) is 5.32 Å². The fraction of sp³-hybridized carbons (Fsp3) is 0.889. The lowest BCUT2D eigenvalue weighted by Crippen LogP contribution is -2.56. The molecule has 0 aromatic heterocycles. The molecule has 0 aromatic carbocycles. The van der Waals surface area contributed by atoms with E-state index >= 15 is 0 Å². The molecule has 0 saturated heterocycles. The first-order valence-electron chi connectivity index (χ1n) is 8.62. The Morgan fingerprint density at radius 1 is 1.29 bits per heavy atom. The highest BCUT2D eigenvalue weighted by Crippen LogP contribution is 2.45. The summed E-state index contributed by atoms with van der Waals surface area (Å²) in [4.78, 5) is 0. The molecule has 21 heavy (non-hydrogen) atoms. The van der Waals surface area contributed by atoms with Crippen LogP contribution in [0.5, 0.6) is 0 Å². The quantitative estimate of drug-likeness (QED) is 0.802. The van der Waals surface area contributed by atoms with E-state index in [4.69, 9.17) is 9.47 Å². The molecule has 1 atom stereocenters. The zero-order valence-corrected chi connectivity index (χ0v) is 14.3. The van der Waals surface area contributed by atoms with Crippen molar-refractivity contribution in [2.75, 3.05) is 20.3 Å². The van der Waals surface area contributed by atoms with Crippen LogP contribution >= 0.6 is 0 Å². The number of methoxy groups -OCH3 is 1. The molecule has 1 saturated carbocycles. The molecular weight excluding hydrogens is 262 g/mol. The molecule has 3 heteroatoms. The van der Waals surface area contributed by atoms with Crippen molar-refractivity contribution >= 4 is 0 Å². The van der Waals surface area contributed by atoms with Gasteiger partial charge in [-0.05, 0) is 62.5 Å². The van der Waals surface area contributed by atoms with Crippen LogP contribution in [0.1, 0.15) is 65.7 Å². The van der Waals surface area contributed by atoms with E-state index in [0.717, 1.165) is 45.3 Å². The standard InChI is InChI=1S/C18H33NO2/c1-5-12-19-16(15-7-6-13-21-14-15)18(20-4)10-8-17(2,3)9-11-18/h14,16,19H,5-13H2,1-4H3. The maximum Gasteiger partial charge on any atom is 0.0876 e. The van der Waals surface area contributed by atoms with Crippen molar-refractivity contribution in [3.05, 3.63) is 11.8 Å². The van der Waals surface area contributed by atoms with Gasteiger partial charge in [0.15, 0.2) is 0 Å². The molecule has 1 aliphatic heterocycles. The average molecular weight is 295 g/mol. The summed E-state index contributed by atoms with van der Waals surface area (Å²) in [6, 6.07) is 0.304. The Morgan fingerprint density at radius 2 is 2.00 bits per heavy atom. The van der Waals surface area contributed by atoms with Crippen molar-refractivity contribution < 1.29 is 9.47 Å². The monoisotopic (exact) mass is 295 g/mol. The van der Waals surface area contributed by atoms with Gasteiger partial charge in [-0.2, -0.15) is 0 Å². The zero-order chi connectivity index (χ0) is 15.3. The number of nitrogens with one attached hydrogen (secondary N) is 1. The summed E-state index contributed by atoms with van der Waals surface area (Å²) in [5.74, 6) is 0. The molecule has 0 radical (unpaired) electrons. The van der Waals surface area contributed by atoms with Gasteiger partial charge >= 0.3 is 0 Å². The minimum Gasteiger partial charge on any atom is -0.501 e. The Hall–Kier alpha value is -0.540. The van der Waals surface area contributed by atoms with Gasteiger partial charge in [0.2, 0.25) is 0 Å². The fourth-order valence-corrected chi connectivity index (χ4v) is 3.70. The van der Waals surface area contributed by atoms with Gasteiger partial charge in [0.05, 0.1) is 24.5 Å². The van der Waals surface area contributed by atoms with Gasteiger partial charge in [-0.1, -0.05) is 20.8 Å². The molecule has 0 bridgehead atoms. The maximum atomic E-state index is 6.13. The van der Waals surface area contributed by atoms with Crippen molar-refractivity contribution in [2.45, 2.75) is 77.4 Å². The van der Waals surface area contributed by atoms with Crippen LogP contribution in [0.2, 0.25) is 0 Å². The van der Waals surface area contributed by atoms with E-state index in [1.165, 1.54) is 18.4 Å². The summed E-state index contributed by atoms with van der Waals surface area (Å²) in [5, 5.41) is 3.75. The summed E-state index contributed by atoms with van der Waals surface area (Å²) >= 11 is 0. The lowest BCUT2D eigenvalue weighted by Gasteiger charge is -2.48. The molecule has 1 heterocycles. The molecule has 0 amide bonds. The van der Waals surface area contributed by atoms with Crippen molar-refractivity contribution in [3.63, 3.8) is 0 Å². The molecule has 0 aromatic rings. The van der Waals surface area contributed by atoms with Crippen LogP contribution in [0.15, 0.2) is 11.8 Å². The summed E-state index contributed by atoms with van der Waals surface area (Å²) in [6.45, 7) is 8.88. The number of hydrogen-bond acceptors (Lipinski definition) is 3. The van der Waals surface area contributed by atoms with Gasteiger partial charge in [-0.3, -0.25) is 0 Å². The SMILES string of the molecule is CCCNC(C1=COCCC1)C1(OC)CCC(C)(C)CC1. The first kappa shape index (κ1) is 16.8. The molecule has 1 N–H and O–H groups in total. The van der Waals surface area contributed by atoms with E-state index in [9.17, 15) is 0 Å². The van der Waals surface area contributed by atoms with E-state index in [1.807, 2.05) is 13.4 Å². The molecule has 1 unspecified atom stereocenters. The van der Waals surface area contributed by atoms with Gasteiger partial charge in [0, 0.05) is 7.11 Å². The van der Waals surface area contributed by atoms with Crippen molar-refractivity contribution in [3.8, 4) is 0 Å². The van der Waals surface area contributed by atoms with Gasteiger partial charge in [0.1, 0.15) is 0 Å². The second-order valence-corrected chi connectivity index (χ2v) is 7.49. The van der Waals surface area contributed by atoms with Crippen LogP contribution in [-0.2, 0) is 9.47 Å². The second-order valence-electron chi connectivity index (χ2n) is 7.49. The Labute approximate surface area is 130 Å². The van der Waals surface area contributed by atoms with Gasteiger partial charge in [-0.25, -0.2) is 0 Å². The third kappa shape index (κ3) is 4.01. The van der Waals surface area contributed by atoms with E-state index in [2.05, 4.69) is 26.1 Å². The number of rotatable bonds is 6. The highest BCUT2D eigenvalue weighted by Gasteiger charge is 2.45. The Bertz CT molecular complexity index is 352. The normalized spacial score (nSPS) is 25.8. The highest BCUT2D eigenvalue weighted by atomic mass is 16.5. The smallest absolute Gasteiger partial charge is 0.0876 e. The molecule has 0 spiro atoms. The topological polar surface area (TPSA) is 30.5 Å². The maximum absolute atomic E-state index is 6.13. The van der Waals surface area contributed by atoms with Crippen LogP contribution < -0.4 is 5.32 Å². The minimum atomic E-state index is -0.0583. The van der Waals surface area contributed by atoms with Crippen molar-refractivity contribution in [1.29, 1.82) is 0 Å². The van der Waals surface area contributed by atoms with E-state index in [1.54, 1.807) is 0 Å². The van der Waals surface area contributed by atoms with Gasteiger partial charge < -0.3 is 14.8 Å². The van der Waals surface area contributed by atoms with Gasteiger partial charge in [0.25, 0.3) is 0 Å². The lowest BCUT2D eigenvalue weighted by atomic mass is 9.67. The lowest BCUT2D eigenvalue weighted by molar-refractivity contribution is -0.0799. The summed E-state index contributed by atoms with van der Waals surface area (Å²) in [6.07, 6.45) is 10.1. The Morgan fingerprint density at radius 3 is 2.52 bits per heavy atom. The summed E-state index contributed by atoms with van der Waals surface area (Å²) in [5.41, 5.74) is 1.79. The summed E-state index contributed by atoms with van der Waals surface area (Å²) in [7, 11) is 1.89. The first-order chi connectivity index (χ1) is 10.0. The molecule has 3 nitrogen and oxygen atoms in total. The predicted octanol–water partition coefficient (Wildman–Crippen LogP) is 4.03. The van der Waals surface area contributed by atoms with Crippen molar-refractivity contribution in [2.24, 2.45) is 5.41 Å². The third-order valence-electron chi connectivity index (χ3n) is 5.31. The molecule has 122 valence electrons. The van der Waals surface area contributed by atoms with E-state index < -0.39 is 0 Å². The van der Waals surface area contributed by atoms with Crippen LogP contribution in [0.3, 0.4) is 0 Å². The zero-order valence-electron chi connectivity index (χ0n) is 14.3. The minimum absolute atomic E-state index is 0.0583. The fourth-order valence-electron chi connectivity index (χ4n) is 3.70. The first-order valence-corrected chi connectivity index (χ1v) is 8.62. The second kappa shape index (κ2) is 7.15. The van der Waals surface area contributed by atoms with Crippen LogP contribution in [0.4, 0.5) is 0 Å². The Balaban J connectivity index is 2.18. The molecule has 1 fully saturated rings. The van der Waals surface area contributed by atoms with Gasteiger partial charge in [-0.15, -0.1) is 0 Å². The van der Waals surface area contributed by atoms with Crippen LogP contribution in [-0.4, -0.2) is 31.9 Å². The molecule has 1 aliphatic carbocycles. The molecule has 2 aliphatic rings. The third-order valence-corrected chi connectivity index (χ3v) is 5.31. The molecular formula is C18H33NO2. The predicted molar refractivity (Wildman–Crippen MR) is 87.3 cm³/mol. The molecule has 2 rings (SSSR count). The Kier molecular flexibility index (Phi) is 5.73.